The van der Waals surface area contributed by atoms with Crippen LogP contribution >= 0.6 is 0 Å². The average molecular weight is 396 g/mol. The highest BCUT2D eigenvalue weighted by Gasteiger charge is 2.23. The largest absolute Gasteiger partial charge is 0.491 e. The molecule has 1 fully saturated rings. The van der Waals surface area contributed by atoms with Crippen LogP contribution in [-0.4, -0.2) is 74.1 Å². The second kappa shape index (κ2) is 11.3. The number of rotatable bonds is 7. The summed E-state index contributed by atoms with van der Waals surface area (Å²) >= 11 is 0. The second-order valence-corrected chi connectivity index (χ2v) is 6.51. The van der Waals surface area contributed by atoms with Crippen LogP contribution in [0.1, 0.15) is 19.8 Å². The molecule has 1 atom stereocenters. The summed E-state index contributed by atoms with van der Waals surface area (Å²) in [7, 11) is 1.38. The molecule has 0 spiro atoms. The first-order valence-corrected chi connectivity index (χ1v) is 9.46. The minimum absolute atomic E-state index is 0.0616. The molecule has 156 valence electrons. The van der Waals surface area contributed by atoms with Crippen molar-refractivity contribution < 1.29 is 23.8 Å². The van der Waals surface area contributed by atoms with Crippen LogP contribution in [0, 0.1) is 5.82 Å². The van der Waals surface area contributed by atoms with Gasteiger partial charge in [-0.3, -0.25) is 4.99 Å². The monoisotopic (exact) mass is 396 g/mol. The van der Waals surface area contributed by atoms with Crippen molar-refractivity contribution in [1.29, 1.82) is 0 Å². The van der Waals surface area contributed by atoms with E-state index in [4.69, 9.17) is 9.47 Å². The Morgan fingerprint density at radius 1 is 1.36 bits per heavy atom. The summed E-state index contributed by atoms with van der Waals surface area (Å²) in [5, 5.41) is 16.6. The molecule has 0 saturated carbocycles. The first kappa shape index (κ1) is 21.7. The van der Waals surface area contributed by atoms with E-state index < -0.39 is 6.10 Å². The van der Waals surface area contributed by atoms with Gasteiger partial charge in [0.15, 0.2) is 5.96 Å². The summed E-state index contributed by atoms with van der Waals surface area (Å²) in [6, 6.07) is 5.82. The van der Waals surface area contributed by atoms with E-state index >= 15 is 0 Å². The zero-order valence-corrected chi connectivity index (χ0v) is 16.4. The van der Waals surface area contributed by atoms with Gasteiger partial charge in [-0.1, -0.05) is 0 Å². The lowest BCUT2D eigenvalue weighted by molar-refractivity contribution is 0.111. The smallest absolute Gasteiger partial charge is 0.409 e. The first-order chi connectivity index (χ1) is 13.5. The molecule has 0 aliphatic carbocycles. The van der Waals surface area contributed by atoms with Gasteiger partial charge in [-0.05, 0) is 44.0 Å². The lowest BCUT2D eigenvalue weighted by atomic mass is 10.1. The van der Waals surface area contributed by atoms with Crippen LogP contribution in [0.25, 0.3) is 0 Å². The Labute approximate surface area is 164 Å². The number of hydrogen-bond acceptors (Lipinski definition) is 5. The molecule has 1 heterocycles. The summed E-state index contributed by atoms with van der Waals surface area (Å²) in [6.45, 7) is 4.12. The number of aliphatic imine (C=N–C) groups is 1. The fourth-order valence-electron chi connectivity index (χ4n) is 2.82. The maximum absolute atomic E-state index is 12.9. The molecule has 9 heteroatoms. The van der Waals surface area contributed by atoms with E-state index in [1.165, 1.54) is 31.4 Å². The Bertz CT molecular complexity index is 633. The molecule has 3 N–H and O–H groups in total. The molecule has 1 unspecified atom stereocenters. The molecule has 1 aromatic rings. The third-order valence-electron chi connectivity index (χ3n) is 4.33. The molecule has 1 aliphatic heterocycles. The molecule has 0 radical (unpaired) electrons. The van der Waals surface area contributed by atoms with Gasteiger partial charge in [-0.2, -0.15) is 0 Å². The predicted molar refractivity (Wildman–Crippen MR) is 104 cm³/mol. The number of nitrogens with one attached hydrogen (secondary N) is 2. The third-order valence-corrected chi connectivity index (χ3v) is 4.33. The van der Waals surface area contributed by atoms with E-state index in [9.17, 15) is 14.3 Å². The van der Waals surface area contributed by atoms with Crippen LogP contribution < -0.4 is 15.4 Å². The summed E-state index contributed by atoms with van der Waals surface area (Å²) in [6.07, 6.45) is 0.482. The average Bonchev–Trinajstić information content (AvgIpc) is 2.71. The molecule has 1 saturated heterocycles. The van der Waals surface area contributed by atoms with Gasteiger partial charge in [-0.15, -0.1) is 0 Å². The number of piperidine rings is 1. The maximum atomic E-state index is 12.9. The predicted octanol–water partition coefficient (Wildman–Crippen LogP) is 1.35. The van der Waals surface area contributed by atoms with Gasteiger partial charge in [0, 0.05) is 25.7 Å². The first-order valence-electron chi connectivity index (χ1n) is 9.46. The van der Waals surface area contributed by atoms with E-state index in [0.717, 1.165) is 12.8 Å². The topological polar surface area (TPSA) is 95.4 Å². The van der Waals surface area contributed by atoms with Gasteiger partial charge in [0.25, 0.3) is 0 Å². The number of amides is 1. The molecule has 0 aromatic heterocycles. The lowest BCUT2D eigenvalue weighted by Gasteiger charge is -2.32. The van der Waals surface area contributed by atoms with E-state index in [-0.39, 0.29) is 31.1 Å². The minimum atomic E-state index is -0.790. The standard InChI is InChI=1S/C19H29FN4O4/c1-3-21-18(23-15-8-10-24(11-9-15)19(26)27-2)22-12-16(25)13-28-17-6-4-14(20)5-7-17/h4-7,15-16,25H,3,8-13H2,1-2H3,(H2,21,22,23). The summed E-state index contributed by atoms with van der Waals surface area (Å²) in [5.74, 6) is 0.767. The Kier molecular flexibility index (Phi) is 8.80. The highest BCUT2D eigenvalue weighted by molar-refractivity contribution is 5.80. The number of guanidine groups is 1. The van der Waals surface area contributed by atoms with Crippen LogP contribution in [0.15, 0.2) is 29.3 Å². The Morgan fingerprint density at radius 2 is 2.04 bits per heavy atom. The van der Waals surface area contributed by atoms with Crippen molar-refractivity contribution in [2.75, 3.05) is 39.9 Å². The number of methoxy groups -OCH3 is 1. The van der Waals surface area contributed by atoms with Crippen LogP contribution in [-0.2, 0) is 4.74 Å². The van der Waals surface area contributed by atoms with E-state index in [0.29, 0.717) is 31.3 Å². The number of carbonyl (C=O) groups excluding carboxylic acids is 1. The fourth-order valence-corrected chi connectivity index (χ4v) is 2.82. The molecule has 1 amide bonds. The van der Waals surface area contributed by atoms with Gasteiger partial charge < -0.3 is 30.1 Å². The Hall–Kier alpha value is -2.55. The van der Waals surface area contributed by atoms with Crippen molar-refractivity contribution in [2.24, 2.45) is 4.99 Å². The summed E-state index contributed by atoms with van der Waals surface area (Å²) < 4.78 is 23.1. The minimum Gasteiger partial charge on any atom is -0.491 e. The molecule has 2 rings (SSSR count). The molecule has 1 aromatic carbocycles. The number of aliphatic hydroxyl groups is 1. The number of hydrogen-bond donors (Lipinski definition) is 3. The fraction of sp³-hybridized carbons (Fsp3) is 0.579. The molecule has 0 bridgehead atoms. The van der Waals surface area contributed by atoms with Gasteiger partial charge >= 0.3 is 6.09 Å². The maximum Gasteiger partial charge on any atom is 0.409 e. The van der Waals surface area contributed by atoms with Crippen molar-refractivity contribution in [3.8, 4) is 5.75 Å². The number of likely N-dealkylation sites (tertiary alicyclic amines) is 1. The zero-order chi connectivity index (χ0) is 20.4. The van der Waals surface area contributed by atoms with Gasteiger partial charge in [0.1, 0.15) is 24.3 Å². The molecule has 1 aliphatic rings. The van der Waals surface area contributed by atoms with Crippen LogP contribution in [0.5, 0.6) is 5.75 Å². The number of aliphatic hydroxyl groups excluding tert-OH is 1. The number of carbonyl (C=O) groups is 1. The lowest BCUT2D eigenvalue weighted by Crippen LogP contribution is -2.50. The Morgan fingerprint density at radius 3 is 2.64 bits per heavy atom. The zero-order valence-electron chi connectivity index (χ0n) is 16.4. The second-order valence-electron chi connectivity index (χ2n) is 6.51. The van der Waals surface area contributed by atoms with E-state index in [2.05, 4.69) is 15.6 Å². The van der Waals surface area contributed by atoms with Crippen molar-refractivity contribution >= 4 is 12.1 Å². The number of benzene rings is 1. The van der Waals surface area contributed by atoms with Crippen LogP contribution in [0.3, 0.4) is 0 Å². The third kappa shape index (κ3) is 7.22. The van der Waals surface area contributed by atoms with E-state index in [1.807, 2.05) is 6.92 Å². The van der Waals surface area contributed by atoms with Crippen molar-refractivity contribution in [3.05, 3.63) is 30.1 Å². The van der Waals surface area contributed by atoms with Crippen molar-refractivity contribution in [2.45, 2.75) is 31.9 Å². The molecule has 8 nitrogen and oxygen atoms in total. The highest BCUT2D eigenvalue weighted by atomic mass is 19.1. The summed E-state index contributed by atoms with van der Waals surface area (Å²) in [4.78, 5) is 17.6. The van der Waals surface area contributed by atoms with Crippen LogP contribution in [0.2, 0.25) is 0 Å². The molecular formula is C19H29FN4O4. The van der Waals surface area contributed by atoms with Gasteiger partial charge in [-0.25, -0.2) is 9.18 Å². The van der Waals surface area contributed by atoms with Gasteiger partial charge in [0.05, 0.1) is 13.7 Å². The highest BCUT2D eigenvalue weighted by Crippen LogP contribution is 2.12. The Balaban J connectivity index is 1.77. The van der Waals surface area contributed by atoms with Crippen molar-refractivity contribution in [1.82, 2.24) is 15.5 Å². The van der Waals surface area contributed by atoms with Crippen LogP contribution in [0.4, 0.5) is 9.18 Å². The van der Waals surface area contributed by atoms with E-state index in [1.54, 1.807) is 4.90 Å². The number of nitrogens with zero attached hydrogens (tertiary/aromatic N) is 2. The molecule has 28 heavy (non-hydrogen) atoms. The number of ether oxygens (including phenoxy) is 2. The summed E-state index contributed by atoms with van der Waals surface area (Å²) in [5.41, 5.74) is 0. The quantitative estimate of drug-likeness (QED) is 0.476. The van der Waals surface area contributed by atoms with Gasteiger partial charge in [0.2, 0.25) is 0 Å². The molecular weight excluding hydrogens is 367 g/mol. The normalized spacial score (nSPS) is 16.4. The van der Waals surface area contributed by atoms with Crippen molar-refractivity contribution in [3.63, 3.8) is 0 Å². The SMILES string of the molecule is CCNC(=NCC(O)COc1ccc(F)cc1)NC1CCN(C(=O)OC)CC1. The number of halogens is 1.